The molecule has 1 saturated heterocycles. The molecule has 0 aliphatic carbocycles. The van der Waals surface area contributed by atoms with E-state index in [1.807, 2.05) is 49.9 Å². The van der Waals surface area contributed by atoms with Crippen LogP contribution in [0, 0.1) is 0 Å². The molecule has 0 bridgehead atoms. The number of carbonyl (C=O) groups excluding carboxylic acids is 2. The lowest BCUT2D eigenvalue weighted by Crippen LogP contribution is -2.48. The summed E-state index contributed by atoms with van der Waals surface area (Å²) in [7, 11) is 1.67. The lowest BCUT2D eigenvalue weighted by molar-refractivity contribution is -0.121. The minimum atomic E-state index is -0.257. The van der Waals surface area contributed by atoms with Gasteiger partial charge >= 0.3 is 0 Å². The first kappa shape index (κ1) is 20.7. The van der Waals surface area contributed by atoms with Gasteiger partial charge in [-0.1, -0.05) is 12.1 Å². The van der Waals surface area contributed by atoms with Crippen LogP contribution in [0.15, 0.2) is 29.3 Å². The maximum atomic E-state index is 12.0. The Hall–Kier alpha value is -2.57. The molecule has 0 spiro atoms. The van der Waals surface area contributed by atoms with E-state index in [2.05, 4.69) is 20.9 Å². The first-order valence-electron chi connectivity index (χ1n) is 9.43. The van der Waals surface area contributed by atoms with Crippen molar-refractivity contribution >= 4 is 23.5 Å². The normalized spacial score (nSPS) is 15.5. The minimum Gasteiger partial charge on any atom is -0.352 e. The van der Waals surface area contributed by atoms with Crippen LogP contribution < -0.4 is 20.9 Å². The van der Waals surface area contributed by atoms with E-state index in [1.54, 1.807) is 7.05 Å². The van der Waals surface area contributed by atoms with Crippen molar-refractivity contribution in [2.75, 3.05) is 25.0 Å². The molecule has 0 saturated carbocycles. The number of benzene rings is 1. The number of guanidine groups is 1. The van der Waals surface area contributed by atoms with E-state index in [0.717, 1.165) is 30.6 Å². The lowest BCUT2D eigenvalue weighted by atomic mass is 10.1. The van der Waals surface area contributed by atoms with Gasteiger partial charge in [-0.2, -0.15) is 0 Å². The summed E-state index contributed by atoms with van der Waals surface area (Å²) in [5.74, 6) is 0.681. The number of carbonyl (C=O) groups is 2. The summed E-state index contributed by atoms with van der Waals surface area (Å²) in [5, 5.41) is 9.09. The maximum Gasteiger partial charge on any atom is 0.239 e. The number of nitrogens with one attached hydrogen (secondary N) is 3. The molecule has 7 heteroatoms. The molecule has 0 aromatic heterocycles. The Morgan fingerprint density at radius 3 is 2.44 bits per heavy atom. The van der Waals surface area contributed by atoms with Crippen molar-refractivity contribution in [1.29, 1.82) is 0 Å². The molecule has 0 atom stereocenters. The van der Waals surface area contributed by atoms with Crippen LogP contribution in [0.2, 0.25) is 0 Å². The van der Waals surface area contributed by atoms with E-state index in [4.69, 9.17) is 0 Å². The monoisotopic (exact) mass is 373 g/mol. The van der Waals surface area contributed by atoms with Gasteiger partial charge in [-0.15, -0.1) is 0 Å². The summed E-state index contributed by atoms with van der Waals surface area (Å²) in [6, 6.07) is 7.97. The highest BCUT2D eigenvalue weighted by Gasteiger charge is 2.19. The number of amides is 2. The van der Waals surface area contributed by atoms with Crippen molar-refractivity contribution in [2.24, 2.45) is 4.99 Å². The van der Waals surface area contributed by atoms with E-state index in [0.29, 0.717) is 18.9 Å². The van der Waals surface area contributed by atoms with E-state index in [9.17, 15) is 9.59 Å². The highest BCUT2D eigenvalue weighted by Crippen LogP contribution is 2.21. The summed E-state index contributed by atoms with van der Waals surface area (Å²) < 4.78 is 0. The number of aliphatic imine (C=N–C) groups is 1. The van der Waals surface area contributed by atoms with Gasteiger partial charge in [0.15, 0.2) is 5.96 Å². The van der Waals surface area contributed by atoms with Gasteiger partial charge in [0, 0.05) is 37.8 Å². The fraction of sp³-hybridized carbons (Fsp3) is 0.550. The summed E-state index contributed by atoms with van der Waals surface area (Å²) in [6.45, 7) is 7.36. The average Bonchev–Trinajstić information content (AvgIpc) is 2.61. The van der Waals surface area contributed by atoms with Crippen LogP contribution in [0.5, 0.6) is 0 Å². The highest BCUT2D eigenvalue weighted by molar-refractivity contribution is 5.94. The van der Waals surface area contributed by atoms with Crippen LogP contribution in [0.4, 0.5) is 5.69 Å². The maximum absolute atomic E-state index is 12.0. The molecule has 0 radical (unpaired) electrons. The van der Waals surface area contributed by atoms with Gasteiger partial charge in [-0.3, -0.25) is 14.6 Å². The van der Waals surface area contributed by atoms with Gasteiger partial charge < -0.3 is 20.9 Å². The Bertz CT molecular complexity index is 677. The first-order valence-corrected chi connectivity index (χ1v) is 9.43. The predicted octanol–water partition coefficient (Wildman–Crippen LogP) is 1.78. The standard InChI is InChI=1S/C20H31N5O2/c1-20(2,3)24-17(26)14-23-19(21-4)22-13-15-8-10-16(11-9-15)25-12-6-5-7-18(25)27/h8-11H,5-7,12-14H2,1-4H3,(H,24,26)(H2,21,22,23). The van der Waals surface area contributed by atoms with Crippen LogP contribution in [0.1, 0.15) is 45.6 Å². The van der Waals surface area contributed by atoms with Crippen molar-refractivity contribution in [2.45, 2.75) is 52.1 Å². The Balaban J connectivity index is 1.82. The number of hydrogen-bond donors (Lipinski definition) is 3. The van der Waals surface area contributed by atoms with Gasteiger partial charge in [-0.05, 0) is 51.3 Å². The molecular formula is C20H31N5O2. The predicted molar refractivity (Wildman–Crippen MR) is 109 cm³/mol. The zero-order valence-corrected chi connectivity index (χ0v) is 16.8. The smallest absolute Gasteiger partial charge is 0.239 e. The van der Waals surface area contributed by atoms with E-state index in [-0.39, 0.29) is 23.9 Å². The molecule has 2 rings (SSSR count). The zero-order chi connectivity index (χ0) is 19.9. The van der Waals surface area contributed by atoms with Crippen molar-refractivity contribution in [3.05, 3.63) is 29.8 Å². The molecule has 3 N–H and O–H groups in total. The van der Waals surface area contributed by atoms with Gasteiger partial charge in [0.2, 0.25) is 11.8 Å². The summed E-state index contributed by atoms with van der Waals surface area (Å²) in [5.41, 5.74) is 1.77. The SMILES string of the molecule is CN=C(NCC(=O)NC(C)(C)C)NCc1ccc(N2CCCCC2=O)cc1. The number of hydrogen-bond acceptors (Lipinski definition) is 3. The quantitative estimate of drug-likeness (QED) is 0.542. The third-order valence-corrected chi connectivity index (χ3v) is 4.19. The fourth-order valence-electron chi connectivity index (χ4n) is 2.91. The zero-order valence-electron chi connectivity index (χ0n) is 16.8. The highest BCUT2D eigenvalue weighted by atomic mass is 16.2. The van der Waals surface area contributed by atoms with E-state index >= 15 is 0 Å². The minimum absolute atomic E-state index is 0.0824. The van der Waals surface area contributed by atoms with Gasteiger partial charge in [-0.25, -0.2) is 0 Å². The Morgan fingerprint density at radius 1 is 1.15 bits per heavy atom. The summed E-state index contributed by atoms with van der Waals surface area (Å²) in [6.07, 6.45) is 2.67. The largest absolute Gasteiger partial charge is 0.352 e. The van der Waals surface area contributed by atoms with Crippen LogP contribution in [0.25, 0.3) is 0 Å². The molecule has 1 fully saturated rings. The van der Waals surface area contributed by atoms with E-state index < -0.39 is 0 Å². The van der Waals surface area contributed by atoms with Crippen LogP contribution in [0.3, 0.4) is 0 Å². The lowest BCUT2D eigenvalue weighted by Gasteiger charge is -2.26. The van der Waals surface area contributed by atoms with Crippen molar-refractivity contribution < 1.29 is 9.59 Å². The first-order chi connectivity index (χ1) is 12.8. The molecule has 0 unspecified atom stereocenters. The molecule has 1 aromatic rings. The molecule has 1 aliphatic heterocycles. The second-order valence-corrected chi connectivity index (χ2v) is 7.75. The van der Waals surface area contributed by atoms with Crippen LogP contribution >= 0.6 is 0 Å². The molecule has 1 heterocycles. The molecule has 7 nitrogen and oxygen atoms in total. The number of nitrogens with zero attached hydrogens (tertiary/aromatic N) is 2. The van der Waals surface area contributed by atoms with Crippen LogP contribution in [-0.2, 0) is 16.1 Å². The molecular weight excluding hydrogens is 342 g/mol. The third-order valence-electron chi connectivity index (χ3n) is 4.19. The summed E-state index contributed by atoms with van der Waals surface area (Å²) >= 11 is 0. The molecule has 2 amide bonds. The molecule has 148 valence electrons. The number of piperidine rings is 1. The average molecular weight is 374 g/mol. The van der Waals surface area contributed by atoms with Crippen molar-refractivity contribution in [3.63, 3.8) is 0 Å². The van der Waals surface area contributed by atoms with Gasteiger partial charge in [0.25, 0.3) is 0 Å². The molecule has 1 aliphatic rings. The van der Waals surface area contributed by atoms with Gasteiger partial charge in [0.1, 0.15) is 0 Å². The summed E-state index contributed by atoms with van der Waals surface area (Å²) in [4.78, 5) is 29.9. The Labute approximate surface area is 161 Å². The third kappa shape index (κ3) is 6.92. The van der Waals surface area contributed by atoms with Crippen molar-refractivity contribution in [1.82, 2.24) is 16.0 Å². The van der Waals surface area contributed by atoms with Crippen LogP contribution in [-0.4, -0.2) is 43.5 Å². The van der Waals surface area contributed by atoms with E-state index in [1.165, 1.54) is 0 Å². The van der Waals surface area contributed by atoms with Gasteiger partial charge in [0.05, 0.1) is 6.54 Å². The molecule has 27 heavy (non-hydrogen) atoms. The number of rotatable bonds is 5. The Morgan fingerprint density at radius 2 is 1.85 bits per heavy atom. The molecule has 1 aromatic carbocycles. The Kier molecular flexibility index (Phi) is 7.21. The number of anilines is 1. The fourth-order valence-corrected chi connectivity index (χ4v) is 2.91. The van der Waals surface area contributed by atoms with Crippen molar-refractivity contribution in [3.8, 4) is 0 Å². The topological polar surface area (TPSA) is 85.8 Å². The second kappa shape index (κ2) is 9.39. The second-order valence-electron chi connectivity index (χ2n) is 7.75.